The Labute approximate surface area is 162 Å². The molecule has 1 amide bonds. The first kappa shape index (κ1) is 20.6. The molecule has 2 N–H and O–H groups in total. The van der Waals surface area contributed by atoms with E-state index in [0.717, 1.165) is 29.3 Å². The summed E-state index contributed by atoms with van der Waals surface area (Å²) in [6, 6.07) is 15.1. The Hall–Kier alpha value is -2.69. The fourth-order valence-corrected chi connectivity index (χ4v) is 2.43. The first-order valence-corrected chi connectivity index (χ1v) is 9.46. The Balaban J connectivity index is 1.87. The number of para-hydroxylation sites is 2. The van der Waals surface area contributed by atoms with Crippen molar-refractivity contribution in [2.75, 3.05) is 23.8 Å². The van der Waals surface area contributed by atoms with Crippen molar-refractivity contribution in [3.63, 3.8) is 0 Å². The lowest BCUT2D eigenvalue weighted by molar-refractivity contribution is -0.114. The van der Waals surface area contributed by atoms with Crippen molar-refractivity contribution in [1.82, 2.24) is 0 Å². The predicted octanol–water partition coefficient (Wildman–Crippen LogP) is 4.95. The number of nitrogens with one attached hydrogen (secondary N) is 2. The summed E-state index contributed by atoms with van der Waals surface area (Å²) >= 11 is 0. The molecule has 5 heteroatoms. The van der Waals surface area contributed by atoms with Crippen molar-refractivity contribution in [1.29, 1.82) is 0 Å². The summed E-state index contributed by atoms with van der Waals surface area (Å²) in [5.74, 6) is 1.97. The van der Waals surface area contributed by atoms with Crippen LogP contribution in [0.15, 0.2) is 48.5 Å². The normalized spacial score (nSPS) is 10.7. The molecule has 5 nitrogen and oxygen atoms in total. The van der Waals surface area contributed by atoms with Gasteiger partial charge in [-0.15, -0.1) is 0 Å². The molecular weight excluding hydrogens is 340 g/mol. The standard InChI is InChI=1S/C22H30N2O3/c1-16(2)12-13-26-19-9-7-8-18(14-19)24-22(25)15-23-20-10-5-6-11-21(20)27-17(3)4/h5-11,14,16-17,23H,12-13,15H2,1-4H3,(H,24,25). The summed E-state index contributed by atoms with van der Waals surface area (Å²) in [7, 11) is 0. The van der Waals surface area contributed by atoms with Crippen molar-refractivity contribution in [3.05, 3.63) is 48.5 Å². The summed E-state index contributed by atoms with van der Waals surface area (Å²) < 4.78 is 11.5. The van der Waals surface area contributed by atoms with Gasteiger partial charge in [0.25, 0.3) is 0 Å². The van der Waals surface area contributed by atoms with E-state index in [-0.39, 0.29) is 18.6 Å². The molecule has 0 aliphatic heterocycles. The molecule has 0 saturated carbocycles. The third kappa shape index (κ3) is 7.60. The summed E-state index contributed by atoms with van der Waals surface area (Å²) in [6.45, 7) is 9.09. The van der Waals surface area contributed by atoms with Crippen LogP contribution >= 0.6 is 0 Å². The minimum Gasteiger partial charge on any atom is -0.494 e. The van der Waals surface area contributed by atoms with Crippen LogP contribution in [0.25, 0.3) is 0 Å². The highest BCUT2D eigenvalue weighted by atomic mass is 16.5. The van der Waals surface area contributed by atoms with Gasteiger partial charge in [-0.2, -0.15) is 0 Å². The molecule has 2 aromatic rings. The highest BCUT2D eigenvalue weighted by molar-refractivity contribution is 5.94. The monoisotopic (exact) mass is 370 g/mol. The average Bonchev–Trinajstić information content (AvgIpc) is 2.60. The van der Waals surface area contributed by atoms with E-state index in [1.54, 1.807) is 0 Å². The largest absolute Gasteiger partial charge is 0.494 e. The highest BCUT2D eigenvalue weighted by Gasteiger charge is 2.08. The van der Waals surface area contributed by atoms with Gasteiger partial charge in [-0.1, -0.05) is 32.0 Å². The SMILES string of the molecule is CC(C)CCOc1cccc(NC(=O)CNc2ccccc2OC(C)C)c1. The number of ether oxygens (including phenoxy) is 2. The highest BCUT2D eigenvalue weighted by Crippen LogP contribution is 2.24. The lowest BCUT2D eigenvalue weighted by Crippen LogP contribution is -2.22. The van der Waals surface area contributed by atoms with Gasteiger partial charge in [0.1, 0.15) is 11.5 Å². The summed E-state index contributed by atoms with van der Waals surface area (Å²) in [6.07, 6.45) is 1.07. The molecular formula is C22H30N2O3. The van der Waals surface area contributed by atoms with Gasteiger partial charge < -0.3 is 20.1 Å². The number of carbonyl (C=O) groups is 1. The lowest BCUT2D eigenvalue weighted by Gasteiger charge is -2.15. The van der Waals surface area contributed by atoms with Gasteiger partial charge >= 0.3 is 0 Å². The molecule has 0 saturated heterocycles. The second-order valence-electron chi connectivity index (χ2n) is 7.12. The molecule has 2 rings (SSSR count). The first-order valence-electron chi connectivity index (χ1n) is 9.46. The van der Waals surface area contributed by atoms with Crippen LogP contribution in [0.3, 0.4) is 0 Å². The van der Waals surface area contributed by atoms with Crippen molar-refractivity contribution in [2.24, 2.45) is 5.92 Å². The molecule has 0 aromatic heterocycles. The van der Waals surface area contributed by atoms with Gasteiger partial charge in [-0.25, -0.2) is 0 Å². The van der Waals surface area contributed by atoms with Crippen molar-refractivity contribution < 1.29 is 14.3 Å². The Morgan fingerprint density at radius 1 is 1.04 bits per heavy atom. The fourth-order valence-electron chi connectivity index (χ4n) is 2.43. The van der Waals surface area contributed by atoms with Gasteiger partial charge in [0.15, 0.2) is 0 Å². The Morgan fingerprint density at radius 2 is 1.81 bits per heavy atom. The molecule has 0 atom stereocenters. The minimum atomic E-state index is -0.131. The fraction of sp³-hybridized carbons (Fsp3) is 0.409. The van der Waals surface area contributed by atoms with Crippen LogP contribution in [0.4, 0.5) is 11.4 Å². The van der Waals surface area contributed by atoms with E-state index in [4.69, 9.17) is 9.47 Å². The average molecular weight is 370 g/mol. The summed E-state index contributed by atoms with van der Waals surface area (Å²) in [5, 5.41) is 6.02. The molecule has 146 valence electrons. The maximum absolute atomic E-state index is 12.3. The van der Waals surface area contributed by atoms with Gasteiger partial charge in [-0.05, 0) is 50.5 Å². The predicted molar refractivity (Wildman–Crippen MR) is 111 cm³/mol. The number of hydrogen-bond acceptors (Lipinski definition) is 4. The Kier molecular flexibility index (Phi) is 7.99. The summed E-state index contributed by atoms with van der Waals surface area (Å²) in [4.78, 5) is 12.3. The minimum absolute atomic E-state index is 0.0696. The molecule has 2 aromatic carbocycles. The van der Waals surface area contributed by atoms with E-state index in [1.807, 2.05) is 62.4 Å². The molecule has 0 heterocycles. The molecule has 0 unspecified atom stereocenters. The Bertz CT molecular complexity index is 729. The van der Waals surface area contributed by atoms with Gasteiger partial charge in [0, 0.05) is 11.8 Å². The van der Waals surface area contributed by atoms with E-state index in [2.05, 4.69) is 24.5 Å². The molecule has 0 aliphatic rings. The van der Waals surface area contributed by atoms with Crippen LogP contribution < -0.4 is 20.1 Å². The van der Waals surface area contributed by atoms with E-state index < -0.39 is 0 Å². The topological polar surface area (TPSA) is 59.6 Å². The second kappa shape index (κ2) is 10.5. The first-order chi connectivity index (χ1) is 12.9. The van der Waals surface area contributed by atoms with Gasteiger partial charge in [-0.3, -0.25) is 4.79 Å². The number of anilines is 2. The maximum Gasteiger partial charge on any atom is 0.243 e. The molecule has 0 fully saturated rings. The Morgan fingerprint density at radius 3 is 2.56 bits per heavy atom. The van der Waals surface area contributed by atoms with Crippen molar-refractivity contribution >= 4 is 17.3 Å². The number of benzene rings is 2. The third-order valence-electron chi connectivity index (χ3n) is 3.77. The number of carbonyl (C=O) groups excluding carboxylic acids is 1. The molecule has 0 radical (unpaired) electrons. The number of hydrogen-bond donors (Lipinski definition) is 2. The van der Waals surface area contributed by atoms with Crippen molar-refractivity contribution in [3.8, 4) is 11.5 Å². The van der Waals surface area contributed by atoms with Crippen LogP contribution in [0.5, 0.6) is 11.5 Å². The maximum atomic E-state index is 12.3. The quantitative estimate of drug-likeness (QED) is 0.621. The van der Waals surface area contributed by atoms with Gasteiger partial charge in [0.05, 0.1) is 24.9 Å². The van der Waals surface area contributed by atoms with E-state index in [9.17, 15) is 4.79 Å². The summed E-state index contributed by atoms with van der Waals surface area (Å²) in [5.41, 5.74) is 1.52. The molecule has 0 aliphatic carbocycles. The van der Waals surface area contributed by atoms with E-state index >= 15 is 0 Å². The number of amides is 1. The van der Waals surface area contributed by atoms with Crippen LogP contribution in [0, 0.1) is 5.92 Å². The number of rotatable bonds is 10. The molecule has 0 spiro atoms. The van der Waals surface area contributed by atoms with Crippen LogP contribution in [0.2, 0.25) is 0 Å². The second-order valence-corrected chi connectivity index (χ2v) is 7.12. The third-order valence-corrected chi connectivity index (χ3v) is 3.77. The van der Waals surface area contributed by atoms with Crippen LogP contribution in [0.1, 0.15) is 34.1 Å². The lowest BCUT2D eigenvalue weighted by atomic mass is 10.1. The van der Waals surface area contributed by atoms with E-state index in [1.165, 1.54) is 0 Å². The zero-order chi connectivity index (χ0) is 19.6. The smallest absolute Gasteiger partial charge is 0.243 e. The zero-order valence-corrected chi connectivity index (χ0v) is 16.6. The van der Waals surface area contributed by atoms with E-state index in [0.29, 0.717) is 12.5 Å². The van der Waals surface area contributed by atoms with Crippen LogP contribution in [-0.2, 0) is 4.79 Å². The van der Waals surface area contributed by atoms with Gasteiger partial charge in [0.2, 0.25) is 5.91 Å². The molecule has 27 heavy (non-hydrogen) atoms. The van der Waals surface area contributed by atoms with Crippen molar-refractivity contribution in [2.45, 2.75) is 40.2 Å². The van der Waals surface area contributed by atoms with Crippen LogP contribution in [-0.4, -0.2) is 25.2 Å². The molecule has 0 bridgehead atoms. The zero-order valence-electron chi connectivity index (χ0n) is 16.6.